The molecule has 2 aromatic heterocycles. The molecule has 0 spiro atoms. The van der Waals surface area contributed by atoms with E-state index in [4.69, 9.17) is 13.0 Å². The minimum absolute atomic E-state index is 0.00602. The SMILES string of the molecule is Cn1c(=O)oc2cc(S(=O)(=O)Oc3ccc4c(C(F)(F)F)cc(=O)oc4c3)ccc21. The van der Waals surface area contributed by atoms with E-state index in [-0.39, 0.29) is 16.2 Å². The van der Waals surface area contributed by atoms with Crippen LogP contribution in [0.3, 0.4) is 0 Å². The molecule has 4 aromatic rings. The summed E-state index contributed by atoms with van der Waals surface area (Å²) in [6.07, 6.45) is -4.81. The predicted octanol–water partition coefficient (Wildman–Crippen LogP) is 3.02. The lowest BCUT2D eigenvalue weighted by molar-refractivity contribution is -0.136. The number of rotatable bonds is 3. The van der Waals surface area contributed by atoms with E-state index in [1.165, 1.54) is 23.7 Å². The Hall–Kier alpha value is -3.54. The van der Waals surface area contributed by atoms with E-state index in [0.29, 0.717) is 11.6 Å². The first kappa shape index (κ1) is 19.8. The number of fused-ring (bicyclic) bond motifs is 2. The molecule has 0 bridgehead atoms. The molecular formula is C18H10F3NO7S. The Morgan fingerprint density at radius 3 is 2.40 bits per heavy atom. The van der Waals surface area contributed by atoms with Gasteiger partial charge in [-0.25, -0.2) is 9.59 Å². The second-order valence-electron chi connectivity index (χ2n) is 6.23. The van der Waals surface area contributed by atoms with Crippen molar-refractivity contribution >= 4 is 32.2 Å². The van der Waals surface area contributed by atoms with Crippen LogP contribution >= 0.6 is 0 Å². The van der Waals surface area contributed by atoms with Crippen molar-refractivity contribution < 1.29 is 34.6 Å². The molecule has 2 aromatic carbocycles. The number of hydrogen-bond acceptors (Lipinski definition) is 7. The minimum Gasteiger partial charge on any atom is -0.423 e. The van der Waals surface area contributed by atoms with Crippen LogP contribution in [0.1, 0.15) is 5.56 Å². The van der Waals surface area contributed by atoms with Crippen LogP contribution in [0.4, 0.5) is 13.2 Å². The van der Waals surface area contributed by atoms with Crippen LogP contribution in [0.15, 0.2) is 65.8 Å². The third-order valence-electron chi connectivity index (χ3n) is 4.28. The predicted molar refractivity (Wildman–Crippen MR) is 96.8 cm³/mol. The van der Waals surface area contributed by atoms with Gasteiger partial charge in [0.25, 0.3) is 0 Å². The highest BCUT2D eigenvalue weighted by molar-refractivity contribution is 7.87. The summed E-state index contributed by atoms with van der Waals surface area (Å²) in [5, 5.41) is -0.431. The van der Waals surface area contributed by atoms with Crippen LogP contribution in [0.25, 0.3) is 22.1 Å². The van der Waals surface area contributed by atoms with Crippen molar-refractivity contribution in [2.24, 2.45) is 7.05 Å². The van der Waals surface area contributed by atoms with Gasteiger partial charge in [0.05, 0.1) is 11.1 Å². The molecule has 0 atom stereocenters. The molecule has 0 saturated carbocycles. The Labute approximate surface area is 164 Å². The van der Waals surface area contributed by atoms with Gasteiger partial charge >= 0.3 is 27.7 Å². The normalized spacial score (nSPS) is 12.5. The fourth-order valence-corrected chi connectivity index (χ4v) is 3.81. The van der Waals surface area contributed by atoms with Gasteiger partial charge in [-0.1, -0.05) is 0 Å². The summed E-state index contributed by atoms with van der Waals surface area (Å²) < 4.78 is 80.2. The van der Waals surface area contributed by atoms with Gasteiger partial charge in [0.1, 0.15) is 16.2 Å². The zero-order valence-corrected chi connectivity index (χ0v) is 15.7. The number of aryl methyl sites for hydroxylation is 1. The van der Waals surface area contributed by atoms with Crippen LogP contribution < -0.4 is 15.6 Å². The first-order valence-electron chi connectivity index (χ1n) is 8.15. The summed E-state index contributed by atoms with van der Waals surface area (Å²) in [5.41, 5.74) is -2.60. The molecule has 4 rings (SSSR count). The Morgan fingerprint density at radius 1 is 0.967 bits per heavy atom. The van der Waals surface area contributed by atoms with E-state index in [1.807, 2.05) is 0 Å². The number of benzene rings is 2. The number of alkyl halides is 3. The van der Waals surface area contributed by atoms with E-state index in [9.17, 15) is 31.2 Å². The van der Waals surface area contributed by atoms with Crippen molar-refractivity contribution in [1.82, 2.24) is 4.57 Å². The molecular weight excluding hydrogens is 431 g/mol. The first-order chi connectivity index (χ1) is 14.0. The molecule has 12 heteroatoms. The van der Waals surface area contributed by atoms with Gasteiger partial charge in [0.2, 0.25) is 0 Å². The van der Waals surface area contributed by atoms with Crippen molar-refractivity contribution in [3.63, 3.8) is 0 Å². The van der Waals surface area contributed by atoms with Gasteiger partial charge in [-0.05, 0) is 24.3 Å². The maximum absolute atomic E-state index is 13.1. The summed E-state index contributed by atoms with van der Waals surface area (Å²) >= 11 is 0. The standard InChI is InChI=1S/C18H10F3NO7S/c1-22-13-5-3-10(7-15(13)28-17(22)24)30(25,26)29-9-2-4-11-12(18(19,20)21)8-16(23)27-14(11)6-9/h2-8H,1H3. The fourth-order valence-electron chi connectivity index (χ4n) is 2.87. The van der Waals surface area contributed by atoms with Crippen LogP contribution in [0.2, 0.25) is 0 Å². The second-order valence-corrected chi connectivity index (χ2v) is 7.78. The Morgan fingerprint density at radius 2 is 1.70 bits per heavy atom. The van der Waals surface area contributed by atoms with Crippen LogP contribution in [0.5, 0.6) is 5.75 Å². The minimum atomic E-state index is -4.81. The number of nitrogens with zero attached hydrogens (tertiary/aromatic N) is 1. The van der Waals surface area contributed by atoms with E-state index < -0.39 is 44.2 Å². The smallest absolute Gasteiger partial charge is 0.419 e. The molecule has 2 heterocycles. The lowest BCUT2D eigenvalue weighted by Crippen LogP contribution is -2.12. The molecule has 0 saturated heterocycles. The molecule has 30 heavy (non-hydrogen) atoms. The molecule has 8 nitrogen and oxygen atoms in total. The van der Waals surface area contributed by atoms with Gasteiger partial charge in [0.15, 0.2) is 5.58 Å². The zero-order valence-electron chi connectivity index (χ0n) is 14.9. The molecule has 0 unspecified atom stereocenters. The van der Waals surface area contributed by atoms with Crippen LogP contribution in [-0.2, 0) is 23.3 Å². The lowest BCUT2D eigenvalue weighted by atomic mass is 10.1. The fraction of sp³-hybridized carbons (Fsp3) is 0.111. The van der Waals surface area contributed by atoms with Crippen LogP contribution in [-0.4, -0.2) is 13.0 Å². The summed E-state index contributed by atoms with van der Waals surface area (Å²) in [7, 11) is -3.00. The number of halogens is 3. The monoisotopic (exact) mass is 441 g/mol. The molecule has 0 N–H and O–H groups in total. The van der Waals surface area contributed by atoms with Gasteiger partial charge in [-0.15, -0.1) is 0 Å². The van der Waals surface area contributed by atoms with E-state index in [2.05, 4.69) is 0 Å². The molecule has 0 fully saturated rings. The summed E-state index contributed by atoms with van der Waals surface area (Å²) in [6, 6.07) is 6.70. The second kappa shape index (κ2) is 6.49. The van der Waals surface area contributed by atoms with Crippen molar-refractivity contribution in [2.75, 3.05) is 0 Å². The summed E-state index contributed by atoms with van der Waals surface area (Å²) in [4.78, 5) is 22.6. The Kier molecular flexibility index (Phi) is 4.27. The average Bonchev–Trinajstić information content (AvgIpc) is 2.93. The maximum atomic E-state index is 13.1. The topological polar surface area (TPSA) is 109 Å². The molecule has 156 valence electrons. The zero-order chi connectivity index (χ0) is 21.8. The van der Waals surface area contributed by atoms with Crippen LogP contribution in [0, 0.1) is 0 Å². The number of aromatic nitrogens is 1. The highest BCUT2D eigenvalue weighted by Crippen LogP contribution is 2.35. The third-order valence-corrected chi connectivity index (χ3v) is 5.52. The molecule has 0 aliphatic carbocycles. The molecule has 0 amide bonds. The third kappa shape index (κ3) is 3.34. The van der Waals surface area contributed by atoms with Crippen molar-refractivity contribution in [3.8, 4) is 5.75 Å². The quantitative estimate of drug-likeness (QED) is 0.355. The summed E-state index contributed by atoms with van der Waals surface area (Å²) in [5.74, 6) is -1.06. The van der Waals surface area contributed by atoms with Crippen molar-refractivity contribution in [2.45, 2.75) is 11.1 Å². The largest absolute Gasteiger partial charge is 0.423 e. The molecule has 0 radical (unpaired) electrons. The van der Waals surface area contributed by atoms with E-state index >= 15 is 0 Å². The molecule has 0 aliphatic heterocycles. The highest BCUT2D eigenvalue weighted by Gasteiger charge is 2.34. The van der Waals surface area contributed by atoms with E-state index in [1.54, 1.807) is 0 Å². The highest BCUT2D eigenvalue weighted by atomic mass is 32.2. The number of oxazole rings is 1. The lowest BCUT2D eigenvalue weighted by Gasteiger charge is -2.11. The summed E-state index contributed by atoms with van der Waals surface area (Å²) in [6.45, 7) is 0. The maximum Gasteiger partial charge on any atom is 0.419 e. The van der Waals surface area contributed by atoms with Crippen molar-refractivity contribution in [3.05, 3.63) is 69.0 Å². The first-order valence-corrected chi connectivity index (χ1v) is 9.56. The van der Waals surface area contributed by atoms with E-state index in [0.717, 1.165) is 24.3 Å². The Bertz CT molecular complexity index is 1530. The van der Waals surface area contributed by atoms with Gasteiger partial charge in [-0.3, -0.25) is 4.57 Å². The van der Waals surface area contributed by atoms with Gasteiger partial charge in [-0.2, -0.15) is 21.6 Å². The van der Waals surface area contributed by atoms with Crippen molar-refractivity contribution in [1.29, 1.82) is 0 Å². The average molecular weight is 441 g/mol. The van der Waals surface area contributed by atoms with Gasteiger partial charge < -0.3 is 13.0 Å². The Balaban J connectivity index is 1.76. The number of hydrogen-bond donors (Lipinski definition) is 0. The molecule has 0 aliphatic rings. The van der Waals surface area contributed by atoms with Gasteiger partial charge in [0, 0.05) is 30.6 Å².